The van der Waals surface area contributed by atoms with Crippen LogP contribution < -0.4 is 10.4 Å². The Labute approximate surface area is 350 Å². The molecule has 0 N–H and O–H groups in total. The highest BCUT2D eigenvalue weighted by Crippen LogP contribution is 2.49. The molecule has 0 aliphatic heterocycles. The van der Waals surface area contributed by atoms with Gasteiger partial charge in [-0.15, -0.1) is 0 Å². The van der Waals surface area contributed by atoms with Crippen LogP contribution in [0.1, 0.15) is 77.8 Å². The second-order valence-corrected chi connectivity index (χ2v) is 17.8. The van der Waals surface area contributed by atoms with E-state index < -0.39 is 0 Å². The zero-order valence-electron chi connectivity index (χ0n) is 33.8. The van der Waals surface area contributed by atoms with Gasteiger partial charge in [-0.05, 0) is 143 Å². The Bertz CT molecular complexity index is 3360. The minimum Gasteiger partial charge on any atom is -0.456 e. The largest absolute Gasteiger partial charge is 0.456 e. The van der Waals surface area contributed by atoms with Crippen LogP contribution >= 0.6 is 0 Å². The highest BCUT2D eigenvalue weighted by molar-refractivity contribution is 6.10. The lowest BCUT2D eigenvalue weighted by molar-refractivity contribution is 0.454. The Hall–Kier alpha value is -6.38. The van der Waals surface area contributed by atoms with Gasteiger partial charge in [0.15, 0.2) is 0 Å². The third-order valence-electron chi connectivity index (χ3n) is 14.7. The van der Waals surface area contributed by atoms with Gasteiger partial charge in [0.1, 0.15) is 22.3 Å². The number of aryl methyl sites for hydroxylation is 2. The Morgan fingerprint density at radius 2 is 1.22 bits per heavy atom. The van der Waals surface area contributed by atoms with Crippen molar-refractivity contribution in [1.82, 2.24) is 0 Å². The molecule has 6 aromatic carbocycles. The van der Waals surface area contributed by atoms with Gasteiger partial charge in [0.05, 0.1) is 0 Å². The van der Waals surface area contributed by atoms with E-state index in [1.807, 2.05) is 0 Å². The summed E-state index contributed by atoms with van der Waals surface area (Å²) in [6.45, 7) is 0. The molecule has 2 heteroatoms. The minimum atomic E-state index is 0.343. The van der Waals surface area contributed by atoms with Gasteiger partial charge >= 0.3 is 0 Å². The van der Waals surface area contributed by atoms with Crippen molar-refractivity contribution in [3.8, 4) is 11.1 Å². The molecule has 4 atom stereocenters. The number of furan rings is 2. The molecule has 290 valence electrons. The average molecular weight is 775 g/mol. The molecule has 8 aromatic rings. The number of fused-ring (bicyclic) bond motifs is 12. The molecule has 4 unspecified atom stereocenters. The molecule has 2 aromatic heterocycles. The quantitative estimate of drug-likeness (QED) is 0.167. The van der Waals surface area contributed by atoms with Crippen LogP contribution in [0.15, 0.2) is 154 Å². The van der Waals surface area contributed by atoms with Gasteiger partial charge in [0.2, 0.25) is 0 Å². The fourth-order valence-corrected chi connectivity index (χ4v) is 12.1. The first-order valence-corrected chi connectivity index (χ1v) is 22.3. The van der Waals surface area contributed by atoms with Crippen LogP contribution in [-0.4, -0.2) is 0 Å². The van der Waals surface area contributed by atoms with Crippen molar-refractivity contribution in [1.29, 1.82) is 0 Å². The molecular formula is C58H46O2. The maximum Gasteiger partial charge on any atom is 0.139 e. The Balaban J connectivity index is 0.964. The van der Waals surface area contributed by atoms with Crippen molar-refractivity contribution >= 4 is 67.2 Å². The summed E-state index contributed by atoms with van der Waals surface area (Å²) in [5, 5.41) is 7.80. The highest BCUT2D eigenvalue weighted by Gasteiger charge is 2.37. The monoisotopic (exact) mass is 774 g/mol. The molecule has 0 radical (unpaired) electrons. The van der Waals surface area contributed by atoms with Crippen LogP contribution in [0.25, 0.3) is 78.3 Å². The molecule has 0 fully saturated rings. The fraction of sp³-hybridized carbons (Fsp3) is 0.207. The molecular weight excluding hydrogens is 729 g/mol. The first-order chi connectivity index (χ1) is 29.8. The zero-order valence-corrected chi connectivity index (χ0v) is 33.8. The summed E-state index contributed by atoms with van der Waals surface area (Å²) in [7, 11) is 0. The summed E-state index contributed by atoms with van der Waals surface area (Å²) < 4.78 is 13.1. The molecule has 0 bridgehead atoms. The van der Waals surface area contributed by atoms with Gasteiger partial charge in [-0.3, -0.25) is 0 Å². The predicted octanol–water partition coefficient (Wildman–Crippen LogP) is 13.8. The van der Waals surface area contributed by atoms with Crippen molar-refractivity contribution in [2.75, 3.05) is 0 Å². The first-order valence-electron chi connectivity index (χ1n) is 22.3. The summed E-state index contributed by atoms with van der Waals surface area (Å²) in [4.78, 5) is 0. The molecule has 0 saturated carbocycles. The lowest BCUT2D eigenvalue weighted by Gasteiger charge is -2.40. The van der Waals surface area contributed by atoms with E-state index in [9.17, 15) is 0 Å². The van der Waals surface area contributed by atoms with Gasteiger partial charge in [-0.25, -0.2) is 0 Å². The van der Waals surface area contributed by atoms with E-state index in [0.29, 0.717) is 23.7 Å². The molecule has 2 heterocycles. The van der Waals surface area contributed by atoms with Gasteiger partial charge in [-0.1, -0.05) is 133 Å². The number of benzene rings is 6. The Morgan fingerprint density at radius 3 is 2.02 bits per heavy atom. The molecule has 60 heavy (non-hydrogen) atoms. The van der Waals surface area contributed by atoms with Crippen molar-refractivity contribution in [2.45, 2.75) is 57.3 Å². The summed E-state index contributed by atoms with van der Waals surface area (Å²) in [5.41, 5.74) is 18.1. The van der Waals surface area contributed by atoms with Crippen molar-refractivity contribution in [2.24, 2.45) is 17.8 Å². The molecule has 5 aliphatic carbocycles. The topological polar surface area (TPSA) is 26.3 Å². The number of allylic oxidation sites excluding steroid dienone is 6. The van der Waals surface area contributed by atoms with Crippen molar-refractivity contribution in [3.05, 3.63) is 189 Å². The summed E-state index contributed by atoms with van der Waals surface area (Å²) in [5.74, 6) is 1.61. The maximum absolute atomic E-state index is 6.57. The van der Waals surface area contributed by atoms with Gasteiger partial charge < -0.3 is 8.83 Å². The second kappa shape index (κ2) is 13.6. The van der Waals surface area contributed by atoms with Crippen LogP contribution in [0, 0.1) is 17.8 Å². The molecule has 0 saturated heterocycles. The fourth-order valence-electron chi connectivity index (χ4n) is 12.1. The van der Waals surface area contributed by atoms with E-state index in [2.05, 4.69) is 158 Å². The highest BCUT2D eigenvalue weighted by atomic mass is 16.3. The number of para-hydroxylation sites is 2. The average Bonchev–Trinajstić information content (AvgIpc) is 3.89. The van der Waals surface area contributed by atoms with E-state index in [4.69, 9.17) is 8.83 Å². The van der Waals surface area contributed by atoms with E-state index >= 15 is 0 Å². The van der Waals surface area contributed by atoms with Crippen LogP contribution in [-0.2, 0) is 12.8 Å². The van der Waals surface area contributed by atoms with Crippen LogP contribution in [0.4, 0.5) is 0 Å². The maximum atomic E-state index is 6.57. The molecule has 2 nitrogen and oxygen atoms in total. The number of hydrogen-bond acceptors (Lipinski definition) is 2. The van der Waals surface area contributed by atoms with E-state index in [0.717, 1.165) is 73.7 Å². The van der Waals surface area contributed by atoms with Gasteiger partial charge in [-0.2, -0.15) is 0 Å². The first kappa shape index (κ1) is 34.5. The third kappa shape index (κ3) is 5.19. The van der Waals surface area contributed by atoms with Crippen LogP contribution in [0.5, 0.6) is 0 Å². The number of rotatable bonds is 4. The zero-order chi connectivity index (χ0) is 39.3. The van der Waals surface area contributed by atoms with Gasteiger partial charge in [0, 0.05) is 44.5 Å². The summed E-state index contributed by atoms with van der Waals surface area (Å²) in [6.07, 6.45) is 28.1. The predicted molar refractivity (Wildman–Crippen MR) is 249 cm³/mol. The number of hydrogen-bond donors (Lipinski definition) is 0. The lowest BCUT2D eigenvalue weighted by atomic mass is 9.64. The van der Waals surface area contributed by atoms with Crippen LogP contribution in [0.3, 0.4) is 0 Å². The normalized spacial score (nSPS) is 21.8. The molecule has 0 amide bonds. The summed E-state index contributed by atoms with van der Waals surface area (Å²) >= 11 is 0. The van der Waals surface area contributed by atoms with E-state index in [1.165, 1.54) is 82.1 Å². The molecule has 13 rings (SSSR count). The van der Waals surface area contributed by atoms with Crippen molar-refractivity contribution in [3.63, 3.8) is 0 Å². The Kier molecular flexibility index (Phi) is 7.80. The third-order valence-corrected chi connectivity index (χ3v) is 14.7. The van der Waals surface area contributed by atoms with Crippen LogP contribution in [0.2, 0.25) is 0 Å². The molecule has 5 aliphatic rings. The second-order valence-electron chi connectivity index (χ2n) is 17.8. The van der Waals surface area contributed by atoms with Crippen molar-refractivity contribution < 1.29 is 8.83 Å². The summed E-state index contributed by atoms with van der Waals surface area (Å²) in [6, 6.07) is 40.9. The van der Waals surface area contributed by atoms with E-state index in [-0.39, 0.29) is 0 Å². The van der Waals surface area contributed by atoms with Gasteiger partial charge in [0.25, 0.3) is 0 Å². The lowest BCUT2D eigenvalue weighted by Crippen LogP contribution is -2.42. The molecule has 0 spiro atoms. The smallest absolute Gasteiger partial charge is 0.139 e. The Morgan fingerprint density at radius 1 is 0.533 bits per heavy atom. The minimum absolute atomic E-state index is 0.343. The SMILES string of the molecule is C1=Cc2c(-c3cccc(C4=c5ccccc5=C(C5CC=CC(c6cc7c(oc8ccccc87)c7c6C=CCC7)C5)C5C=CCCC45)c3)cc3c(oc4ccccc43)c2CC1. The van der Waals surface area contributed by atoms with E-state index in [1.54, 1.807) is 5.57 Å². The standard InChI is InChI=1S/C58H46O2/c1-7-27-47-39(19-1)49(33-51-41-21-9-11-29-53(41)59-57(47)51)35-15-13-17-37(31-35)55-43-23-3-5-25-45(43)56(46-26-6-4-24-44(46)55)38-18-14-16-36(32-38)50-34-52-42-22-10-12-30-54(42)60-58(52)48-28-8-2-20-40(48)50/h1-5,9-16,18-25,29-30,32-35,37,44,46H,6-8,17,26-28,31H2.